The Morgan fingerprint density at radius 3 is 2.58 bits per heavy atom. The highest BCUT2D eigenvalue weighted by Crippen LogP contribution is 2.19. The number of nitrogens with one attached hydrogen (secondary N) is 3. The SMILES string of the molecule is COC(C)[C@@H]1NC[C@@H](C)Oc2cccnc2CCCNC(=O)[C@@H](Cc2ccc(F)cc2)NC(=O)[C@@H](C)N(C)C1=O. The molecule has 0 fully saturated rings. The molecule has 40 heavy (non-hydrogen) atoms. The van der Waals surface area contributed by atoms with Crippen molar-refractivity contribution in [3.05, 3.63) is 59.7 Å². The van der Waals surface area contributed by atoms with Gasteiger partial charge in [0.05, 0.1) is 11.8 Å². The van der Waals surface area contributed by atoms with Gasteiger partial charge in [-0.25, -0.2) is 4.39 Å². The van der Waals surface area contributed by atoms with E-state index in [-0.39, 0.29) is 24.3 Å². The van der Waals surface area contributed by atoms with Crippen LogP contribution in [0.2, 0.25) is 0 Å². The Morgan fingerprint density at radius 2 is 1.88 bits per heavy atom. The van der Waals surface area contributed by atoms with Gasteiger partial charge in [-0.3, -0.25) is 19.4 Å². The zero-order chi connectivity index (χ0) is 29.2. The fraction of sp³-hybridized carbons (Fsp3) is 0.517. The molecule has 3 amide bonds. The highest BCUT2D eigenvalue weighted by Gasteiger charge is 2.33. The molecule has 1 aliphatic rings. The number of methoxy groups -OCH3 is 1. The number of carbonyl (C=O) groups excluding carboxylic acids is 3. The molecule has 2 aromatic rings. The van der Waals surface area contributed by atoms with Crippen molar-refractivity contribution < 1.29 is 28.2 Å². The van der Waals surface area contributed by atoms with Gasteiger partial charge in [0.25, 0.3) is 0 Å². The van der Waals surface area contributed by atoms with Gasteiger partial charge in [-0.15, -0.1) is 0 Å². The number of amides is 3. The van der Waals surface area contributed by atoms with Crippen LogP contribution in [-0.2, 0) is 32.0 Å². The van der Waals surface area contributed by atoms with E-state index in [0.29, 0.717) is 37.2 Å². The third-order valence-electron chi connectivity index (χ3n) is 7.09. The highest BCUT2D eigenvalue weighted by molar-refractivity contribution is 5.93. The molecule has 10 nitrogen and oxygen atoms in total. The summed E-state index contributed by atoms with van der Waals surface area (Å²) >= 11 is 0. The zero-order valence-corrected chi connectivity index (χ0v) is 23.8. The molecule has 0 bridgehead atoms. The van der Waals surface area contributed by atoms with Gasteiger partial charge in [-0.2, -0.15) is 0 Å². The van der Waals surface area contributed by atoms with Gasteiger partial charge >= 0.3 is 0 Å². The van der Waals surface area contributed by atoms with E-state index in [1.54, 1.807) is 45.3 Å². The van der Waals surface area contributed by atoms with E-state index in [1.807, 2.05) is 13.0 Å². The number of aromatic nitrogens is 1. The van der Waals surface area contributed by atoms with Crippen molar-refractivity contribution in [2.45, 2.75) is 70.4 Å². The third kappa shape index (κ3) is 8.46. The minimum absolute atomic E-state index is 0.156. The molecule has 0 spiro atoms. The molecule has 1 aromatic heterocycles. The van der Waals surface area contributed by atoms with Crippen LogP contribution in [0.1, 0.15) is 38.4 Å². The predicted octanol–water partition coefficient (Wildman–Crippen LogP) is 1.62. The molecule has 1 aliphatic heterocycles. The van der Waals surface area contributed by atoms with Crippen LogP contribution in [-0.4, -0.2) is 85.2 Å². The van der Waals surface area contributed by atoms with E-state index in [4.69, 9.17) is 9.47 Å². The van der Waals surface area contributed by atoms with Gasteiger partial charge in [-0.1, -0.05) is 12.1 Å². The molecule has 0 saturated heterocycles. The van der Waals surface area contributed by atoms with Gasteiger partial charge in [0.15, 0.2) is 0 Å². The quantitative estimate of drug-likeness (QED) is 0.522. The molecule has 0 saturated carbocycles. The second-order valence-electron chi connectivity index (χ2n) is 10.1. The third-order valence-corrected chi connectivity index (χ3v) is 7.09. The molecule has 5 atom stereocenters. The summed E-state index contributed by atoms with van der Waals surface area (Å²) < 4.78 is 25.1. The average Bonchev–Trinajstić information content (AvgIpc) is 2.95. The zero-order valence-electron chi connectivity index (χ0n) is 23.8. The first-order valence-corrected chi connectivity index (χ1v) is 13.6. The van der Waals surface area contributed by atoms with E-state index >= 15 is 0 Å². The van der Waals surface area contributed by atoms with Crippen LogP contribution in [0.4, 0.5) is 4.39 Å². The minimum atomic E-state index is -0.927. The lowest BCUT2D eigenvalue weighted by atomic mass is 10.0. The van der Waals surface area contributed by atoms with Crippen LogP contribution < -0.4 is 20.7 Å². The predicted molar refractivity (Wildman–Crippen MR) is 148 cm³/mol. The maximum Gasteiger partial charge on any atom is 0.243 e. The summed E-state index contributed by atoms with van der Waals surface area (Å²) in [6, 6.07) is 6.86. The molecule has 11 heteroatoms. The van der Waals surface area contributed by atoms with Crippen molar-refractivity contribution in [1.29, 1.82) is 0 Å². The number of hydrogen-bond acceptors (Lipinski definition) is 7. The van der Waals surface area contributed by atoms with E-state index in [0.717, 1.165) is 5.69 Å². The first-order chi connectivity index (χ1) is 19.1. The lowest BCUT2D eigenvalue weighted by molar-refractivity contribution is -0.143. The monoisotopic (exact) mass is 557 g/mol. The number of fused-ring (bicyclic) bond motifs is 1. The lowest BCUT2D eigenvalue weighted by Gasteiger charge is -2.32. The first kappa shape index (κ1) is 31.0. The lowest BCUT2D eigenvalue weighted by Crippen LogP contribution is -2.58. The van der Waals surface area contributed by atoms with Crippen molar-refractivity contribution in [3.63, 3.8) is 0 Å². The molecule has 3 rings (SSSR count). The molecular weight excluding hydrogens is 517 g/mol. The Labute approximate surface area is 235 Å². The highest BCUT2D eigenvalue weighted by atomic mass is 19.1. The molecular formula is C29H40FN5O5. The Balaban J connectivity index is 1.88. The number of pyridine rings is 1. The van der Waals surface area contributed by atoms with Gasteiger partial charge in [0.1, 0.15) is 35.8 Å². The van der Waals surface area contributed by atoms with Crippen molar-refractivity contribution in [2.75, 3.05) is 27.2 Å². The summed E-state index contributed by atoms with van der Waals surface area (Å²) in [4.78, 5) is 45.8. The van der Waals surface area contributed by atoms with Crippen LogP contribution in [0.3, 0.4) is 0 Å². The minimum Gasteiger partial charge on any atom is -0.487 e. The van der Waals surface area contributed by atoms with Crippen LogP contribution in [0, 0.1) is 5.82 Å². The number of carbonyl (C=O) groups is 3. The van der Waals surface area contributed by atoms with Crippen molar-refractivity contribution >= 4 is 17.7 Å². The fourth-order valence-electron chi connectivity index (χ4n) is 4.39. The standard InChI is InChI=1S/C29H40FN5O5/c1-18-17-33-26(20(3)39-5)29(38)35(4)19(2)27(36)34-24(16-21-10-12-22(30)13-11-21)28(37)32-15-6-8-23-25(40-18)9-7-14-31-23/h7,9-14,18-20,24,26,33H,6,8,15-17H2,1-5H3,(H,32,37)(H,34,36)/t18-,19-,20?,24-,26+/m1/s1. The first-order valence-electron chi connectivity index (χ1n) is 13.6. The summed E-state index contributed by atoms with van der Waals surface area (Å²) in [5, 5.41) is 8.92. The number of hydrogen-bond donors (Lipinski definition) is 3. The molecule has 1 aromatic carbocycles. The Kier molecular flexibility index (Phi) is 11.4. The van der Waals surface area contributed by atoms with Crippen molar-refractivity contribution in [2.24, 2.45) is 0 Å². The summed E-state index contributed by atoms with van der Waals surface area (Å²) in [5.41, 5.74) is 1.44. The van der Waals surface area contributed by atoms with Crippen LogP contribution in [0.25, 0.3) is 0 Å². The maximum atomic E-state index is 13.5. The molecule has 1 unspecified atom stereocenters. The Bertz CT molecular complexity index is 1150. The normalized spacial score (nSPS) is 24.6. The summed E-state index contributed by atoms with van der Waals surface area (Å²) in [7, 11) is 3.06. The summed E-state index contributed by atoms with van der Waals surface area (Å²) in [5.74, 6) is -0.959. The number of benzene rings is 1. The van der Waals surface area contributed by atoms with Gasteiger partial charge in [0.2, 0.25) is 17.7 Å². The van der Waals surface area contributed by atoms with E-state index < -0.39 is 36.0 Å². The van der Waals surface area contributed by atoms with Gasteiger partial charge in [-0.05, 0) is 63.4 Å². The Hall–Kier alpha value is -3.57. The second kappa shape index (κ2) is 14.7. The fourth-order valence-corrected chi connectivity index (χ4v) is 4.39. The number of halogens is 1. The molecule has 0 radical (unpaired) electrons. The number of nitrogens with zero attached hydrogens (tertiary/aromatic N) is 2. The van der Waals surface area contributed by atoms with Gasteiger partial charge in [0, 0.05) is 39.9 Å². The number of rotatable bonds is 4. The average molecular weight is 558 g/mol. The number of ether oxygens (including phenoxy) is 2. The molecule has 3 N–H and O–H groups in total. The van der Waals surface area contributed by atoms with Crippen LogP contribution >= 0.6 is 0 Å². The number of aryl methyl sites for hydroxylation is 1. The number of likely N-dealkylation sites (N-methyl/N-ethyl adjacent to an activating group) is 1. The largest absolute Gasteiger partial charge is 0.487 e. The van der Waals surface area contributed by atoms with Crippen LogP contribution in [0.5, 0.6) is 5.75 Å². The van der Waals surface area contributed by atoms with E-state index in [9.17, 15) is 18.8 Å². The summed E-state index contributed by atoms with van der Waals surface area (Å²) in [6.07, 6.45) is 2.23. The topological polar surface area (TPSA) is 122 Å². The Morgan fingerprint density at radius 1 is 1.15 bits per heavy atom. The van der Waals surface area contributed by atoms with Crippen molar-refractivity contribution in [1.82, 2.24) is 25.8 Å². The smallest absolute Gasteiger partial charge is 0.243 e. The molecule has 0 aliphatic carbocycles. The van der Waals surface area contributed by atoms with Gasteiger partial charge < -0.3 is 30.3 Å². The van der Waals surface area contributed by atoms with Crippen LogP contribution in [0.15, 0.2) is 42.6 Å². The summed E-state index contributed by atoms with van der Waals surface area (Å²) in [6.45, 7) is 5.97. The van der Waals surface area contributed by atoms with E-state index in [1.165, 1.54) is 24.1 Å². The maximum absolute atomic E-state index is 13.5. The van der Waals surface area contributed by atoms with Crippen molar-refractivity contribution in [3.8, 4) is 5.75 Å². The second-order valence-corrected chi connectivity index (χ2v) is 10.1. The molecule has 218 valence electrons. The van der Waals surface area contributed by atoms with E-state index in [2.05, 4.69) is 20.9 Å². The molecule has 2 heterocycles.